The lowest BCUT2D eigenvalue weighted by atomic mass is 9.55. The van der Waals surface area contributed by atoms with Crippen molar-refractivity contribution in [2.45, 2.75) is 37.9 Å². The second-order valence-corrected chi connectivity index (χ2v) is 9.72. The highest BCUT2D eigenvalue weighted by atomic mass is 19.1. The molecule has 2 bridgehead atoms. The van der Waals surface area contributed by atoms with E-state index in [2.05, 4.69) is 10.2 Å². The van der Waals surface area contributed by atoms with Crippen molar-refractivity contribution in [1.29, 1.82) is 0 Å². The van der Waals surface area contributed by atoms with Crippen molar-refractivity contribution in [3.63, 3.8) is 0 Å². The number of hydrogen-bond donors (Lipinski definition) is 0. The summed E-state index contributed by atoms with van der Waals surface area (Å²) in [7, 11) is 0. The fourth-order valence-electron chi connectivity index (χ4n) is 6.05. The number of rotatable bonds is 5. The predicted molar refractivity (Wildman–Crippen MR) is 117 cm³/mol. The van der Waals surface area contributed by atoms with Crippen LogP contribution in [0.2, 0.25) is 0 Å². The van der Waals surface area contributed by atoms with Gasteiger partial charge in [-0.2, -0.15) is 0 Å². The van der Waals surface area contributed by atoms with Crippen molar-refractivity contribution in [2.75, 3.05) is 13.2 Å². The molecule has 172 valence electrons. The highest BCUT2D eigenvalue weighted by Crippen LogP contribution is 2.53. The fourth-order valence-corrected chi connectivity index (χ4v) is 6.05. The van der Waals surface area contributed by atoms with E-state index in [0.29, 0.717) is 29.9 Å². The number of carbonyl (C=O) groups excluding carboxylic acids is 1. The van der Waals surface area contributed by atoms with Gasteiger partial charge in [0.2, 0.25) is 11.8 Å². The Morgan fingerprint density at radius 1 is 1.09 bits per heavy atom. The molecule has 0 radical (unpaired) electrons. The molecule has 3 saturated carbocycles. The maximum atomic E-state index is 14.4. The van der Waals surface area contributed by atoms with Crippen molar-refractivity contribution in [3.8, 4) is 5.88 Å². The maximum absolute atomic E-state index is 14.4. The van der Waals surface area contributed by atoms with Crippen molar-refractivity contribution >= 4 is 11.6 Å². The van der Waals surface area contributed by atoms with E-state index in [-0.39, 0.29) is 36.5 Å². The van der Waals surface area contributed by atoms with Gasteiger partial charge in [-0.3, -0.25) is 9.20 Å². The summed E-state index contributed by atoms with van der Waals surface area (Å²) in [6, 6.07) is 11.5. The third-order valence-electron chi connectivity index (χ3n) is 7.83. The van der Waals surface area contributed by atoms with Gasteiger partial charge in [0.05, 0.1) is 19.2 Å². The molecule has 1 aliphatic heterocycles. The molecule has 4 atom stereocenters. The van der Waals surface area contributed by atoms with Gasteiger partial charge in [-0.15, -0.1) is 10.2 Å². The van der Waals surface area contributed by atoms with Gasteiger partial charge in [0.25, 0.3) is 0 Å². The van der Waals surface area contributed by atoms with E-state index in [9.17, 15) is 13.6 Å². The van der Waals surface area contributed by atoms with Crippen molar-refractivity contribution in [3.05, 3.63) is 60.2 Å². The van der Waals surface area contributed by atoms with Gasteiger partial charge in [0, 0.05) is 12.3 Å². The highest BCUT2D eigenvalue weighted by Gasteiger charge is 2.51. The number of hydrogen-bond acceptors (Lipinski definition) is 4. The zero-order valence-electron chi connectivity index (χ0n) is 18.2. The van der Waals surface area contributed by atoms with E-state index < -0.39 is 12.2 Å². The molecule has 1 aromatic carbocycles. The van der Waals surface area contributed by atoms with E-state index in [1.807, 2.05) is 22.6 Å². The summed E-state index contributed by atoms with van der Waals surface area (Å²) >= 11 is 0. The maximum Gasteiger partial charge on any atom is 0.226 e. The molecule has 3 unspecified atom stereocenters. The number of benzene rings is 1. The number of fused-ring (bicyclic) bond motifs is 3. The third kappa shape index (κ3) is 3.65. The van der Waals surface area contributed by atoms with E-state index in [1.165, 1.54) is 12.1 Å². The van der Waals surface area contributed by atoms with Crippen LogP contribution < -0.4 is 4.74 Å². The summed E-state index contributed by atoms with van der Waals surface area (Å²) in [5.41, 5.74) is 1.40. The van der Waals surface area contributed by atoms with Gasteiger partial charge in [-0.1, -0.05) is 18.2 Å². The Hall–Kier alpha value is -3.03. The van der Waals surface area contributed by atoms with Crippen LogP contribution in [0, 0.1) is 29.5 Å². The normalized spacial score (nSPS) is 30.9. The van der Waals surface area contributed by atoms with Crippen LogP contribution in [0.25, 0.3) is 5.65 Å². The standard InChI is InChI=1S/C25H26F2N4O2/c26-19-4-1-3-15(9-19)22-11-20(27)12-30(22)25(32)21-10-18(16-7-17(21)8-16)13-33-24-6-2-5-23-29-28-14-31(23)24/h1-6,9,14,16-18,20-22H,7-8,10-13H2/t16?,17?,18?,20?,21-,22?/m0/s1. The predicted octanol–water partition coefficient (Wildman–Crippen LogP) is 4.22. The zero-order chi connectivity index (χ0) is 22.5. The molecule has 4 fully saturated rings. The van der Waals surface area contributed by atoms with Gasteiger partial charge in [0.15, 0.2) is 5.65 Å². The quantitative estimate of drug-likeness (QED) is 0.582. The van der Waals surface area contributed by atoms with E-state index >= 15 is 0 Å². The average molecular weight is 453 g/mol. The van der Waals surface area contributed by atoms with Gasteiger partial charge >= 0.3 is 0 Å². The Morgan fingerprint density at radius 2 is 1.94 bits per heavy atom. The summed E-state index contributed by atoms with van der Waals surface area (Å²) in [5.74, 6) is 1.40. The van der Waals surface area contributed by atoms with Crippen LogP contribution in [0.1, 0.15) is 37.3 Å². The molecule has 0 N–H and O–H groups in total. The number of alkyl halides is 1. The van der Waals surface area contributed by atoms with Crippen molar-refractivity contribution < 1.29 is 18.3 Å². The summed E-state index contributed by atoms with van der Waals surface area (Å²) < 4.78 is 36.2. The number of ether oxygens (including phenoxy) is 1. The van der Waals surface area contributed by atoms with E-state index in [1.54, 1.807) is 23.4 Å². The number of likely N-dealkylation sites (tertiary alicyclic amines) is 1. The van der Waals surface area contributed by atoms with Gasteiger partial charge in [-0.05, 0) is 66.8 Å². The minimum absolute atomic E-state index is 0.0125. The largest absolute Gasteiger partial charge is 0.478 e. The molecule has 7 rings (SSSR count). The second-order valence-electron chi connectivity index (χ2n) is 9.72. The van der Waals surface area contributed by atoms with E-state index in [4.69, 9.17) is 4.74 Å². The average Bonchev–Trinajstić information content (AvgIpc) is 3.43. The second kappa shape index (κ2) is 8.08. The number of aromatic nitrogens is 3. The SMILES string of the molecule is O=C([C@H]1CC(COc2cccc3nncn23)C2CC1C2)N1CC(F)CC1c1cccc(F)c1. The molecule has 8 heteroatoms. The molecule has 0 spiro atoms. The first-order valence-electron chi connectivity index (χ1n) is 11.7. The molecule has 3 heterocycles. The topological polar surface area (TPSA) is 59.7 Å². The number of carbonyl (C=O) groups is 1. The van der Waals surface area contributed by atoms with Crippen LogP contribution in [-0.2, 0) is 4.79 Å². The Labute approximate surface area is 190 Å². The van der Waals surface area contributed by atoms with Gasteiger partial charge in [-0.25, -0.2) is 8.78 Å². The lowest BCUT2D eigenvalue weighted by molar-refractivity contribution is -0.147. The Balaban J connectivity index is 1.17. The van der Waals surface area contributed by atoms with Crippen LogP contribution in [0.5, 0.6) is 5.88 Å². The zero-order valence-corrected chi connectivity index (χ0v) is 18.2. The van der Waals surface area contributed by atoms with Crippen LogP contribution in [0.15, 0.2) is 48.8 Å². The number of nitrogens with zero attached hydrogens (tertiary/aromatic N) is 4. The first-order chi connectivity index (χ1) is 16.1. The first-order valence-corrected chi connectivity index (χ1v) is 11.7. The molecule has 6 nitrogen and oxygen atoms in total. The summed E-state index contributed by atoms with van der Waals surface area (Å²) in [5, 5.41) is 7.98. The number of halogens is 2. The molecule has 2 aromatic heterocycles. The Kier molecular flexibility index (Phi) is 5.03. The van der Waals surface area contributed by atoms with Crippen molar-refractivity contribution in [2.24, 2.45) is 23.7 Å². The molecule has 1 saturated heterocycles. The molecule has 3 aromatic rings. The molecule has 4 aliphatic rings. The summed E-state index contributed by atoms with van der Waals surface area (Å²) in [6.07, 6.45) is 3.55. The molecule has 3 aliphatic carbocycles. The number of pyridine rings is 1. The Bertz CT molecular complexity index is 1180. The van der Waals surface area contributed by atoms with Gasteiger partial charge < -0.3 is 9.64 Å². The lowest BCUT2D eigenvalue weighted by Gasteiger charge is -2.51. The Morgan fingerprint density at radius 3 is 2.79 bits per heavy atom. The molecule has 1 amide bonds. The minimum atomic E-state index is -1.08. The van der Waals surface area contributed by atoms with Crippen LogP contribution >= 0.6 is 0 Å². The first kappa shape index (κ1) is 20.6. The molecule has 33 heavy (non-hydrogen) atoms. The highest BCUT2D eigenvalue weighted by molar-refractivity contribution is 5.80. The fraction of sp³-hybridized carbons (Fsp3) is 0.480. The molecular weight excluding hydrogens is 426 g/mol. The molecular formula is C25H26F2N4O2. The van der Waals surface area contributed by atoms with Crippen LogP contribution in [0.4, 0.5) is 8.78 Å². The monoisotopic (exact) mass is 452 g/mol. The lowest BCUT2D eigenvalue weighted by Crippen LogP contribution is -2.50. The van der Waals surface area contributed by atoms with Crippen LogP contribution in [-0.4, -0.2) is 44.7 Å². The smallest absolute Gasteiger partial charge is 0.226 e. The van der Waals surface area contributed by atoms with E-state index in [0.717, 1.165) is 24.9 Å². The van der Waals surface area contributed by atoms with Crippen LogP contribution in [0.3, 0.4) is 0 Å². The summed E-state index contributed by atoms with van der Waals surface area (Å²) in [4.78, 5) is 15.3. The minimum Gasteiger partial charge on any atom is -0.478 e. The summed E-state index contributed by atoms with van der Waals surface area (Å²) in [6.45, 7) is 0.612. The third-order valence-corrected chi connectivity index (χ3v) is 7.83. The van der Waals surface area contributed by atoms with Gasteiger partial charge in [0.1, 0.15) is 18.3 Å². The van der Waals surface area contributed by atoms with Crippen molar-refractivity contribution in [1.82, 2.24) is 19.5 Å². The number of amides is 1.